The lowest BCUT2D eigenvalue weighted by atomic mass is 10.4. The predicted octanol–water partition coefficient (Wildman–Crippen LogP) is -0.0763. The van der Waals surface area contributed by atoms with E-state index in [1.54, 1.807) is 0 Å². The van der Waals surface area contributed by atoms with Gasteiger partial charge in [0.25, 0.3) is 0 Å². The molecular weight excluding hydrogens is 134 g/mol. The van der Waals surface area contributed by atoms with E-state index in [-0.39, 0.29) is 0 Å². The minimum absolute atomic E-state index is 0.637. The molecule has 0 amide bonds. The van der Waals surface area contributed by atoms with Crippen LogP contribution in [-0.4, -0.2) is 26.1 Å². The molecule has 1 heterocycles. The van der Waals surface area contributed by atoms with E-state index in [0.29, 0.717) is 0 Å². The van der Waals surface area contributed by atoms with Crippen molar-refractivity contribution in [3.8, 4) is 0 Å². The van der Waals surface area contributed by atoms with Gasteiger partial charge in [0.1, 0.15) is 6.04 Å². The topological polar surface area (TPSA) is 68.0 Å². The van der Waals surface area contributed by atoms with Crippen LogP contribution in [0, 0.1) is 0 Å². The van der Waals surface area contributed by atoms with Crippen molar-refractivity contribution in [2.24, 2.45) is 0 Å². The molecule has 0 bridgehead atoms. The zero-order chi connectivity index (χ0) is 7.56. The van der Waals surface area contributed by atoms with Gasteiger partial charge in [0.05, 0.1) is 6.20 Å². The van der Waals surface area contributed by atoms with Crippen molar-refractivity contribution in [2.45, 2.75) is 13.0 Å². The summed E-state index contributed by atoms with van der Waals surface area (Å²) in [6.45, 7) is 1.54. The summed E-state index contributed by atoms with van der Waals surface area (Å²) < 4.78 is 1.28. The second kappa shape index (κ2) is 2.47. The first kappa shape index (κ1) is 6.73. The molecule has 0 saturated carbocycles. The van der Waals surface area contributed by atoms with Gasteiger partial charge in [-0.25, -0.2) is 9.48 Å². The Morgan fingerprint density at radius 1 is 1.80 bits per heavy atom. The molecule has 0 saturated heterocycles. The summed E-state index contributed by atoms with van der Waals surface area (Å²) in [6.07, 6.45) is 2.96. The average molecular weight is 141 g/mol. The van der Waals surface area contributed by atoms with Gasteiger partial charge in [-0.3, -0.25) is 0 Å². The summed E-state index contributed by atoms with van der Waals surface area (Å²) >= 11 is 0. The molecule has 1 atom stereocenters. The third-order valence-corrected chi connectivity index (χ3v) is 1.20. The number of carboxylic acid groups (broad SMARTS) is 1. The van der Waals surface area contributed by atoms with Gasteiger partial charge < -0.3 is 5.11 Å². The second-order valence-corrected chi connectivity index (χ2v) is 1.90. The van der Waals surface area contributed by atoms with Gasteiger partial charge in [-0.15, -0.1) is 5.10 Å². The van der Waals surface area contributed by atoms with Crippen molar-refractivity contribution < 1.29 is 9.90 Å². The maximum Gasteiger partial charge on any atom is 0.328 e. The van der Waals surface area contributed by atoms with Gasteiger partial charge in [-0.2, -0.15) is 0 Å². The van der Waals surface area contributed by atoms with E-state index < -0.39 is 12.0 Å². The van der Waals surface area contributed by atoms with Gasteiger partial charge in [0, 0.05) is 6.20 Å². The van der Waals surface area contributed by atoms with Crippen molar-refractivity contribution >= 4 is 5.97 Å². The maximum absolute atomic E-state index is 10.3. The number of nitrogens with zero attached hydrogens (tertiary/aromatic N) is 3. The molecular formula is C5H7N3O2. The molecule has 5 heteroatoms. The number of hydrogen-bond donors (Lipinski definition) is 1. The lowest BCUT2D eigenvalue weighted by Gasteiger charge is -2.02. The molecule has 0 radical (unpaired) electrons. The minimum atomic E-state index is -0.912. The molecule has 0 fully saturated rings. The van der Waals surface area contributed by atoms with Crippen LogP contribution in [0.3, 0.4) is 0 Å². The number of aliphatic carboxylic acids is 1. The lowest BCUT2D eigenvalue weighted by molar-refractivity contribution is -0.140. The first-order valence-corrected chi connectivity index (χ1v) is 2.80. The highest BCUT2D eigenvalue weighted by molar-refractivity contribution is 5.71. The maximum atomic E-state index is 10.3. The number of aromatic nitrogens is 3. The molecule has 10 heavy (non-hydrogen) atoms. The molecule has 54 valence electrons. The SMILES string of the molecule is C[C@H](C(=O)O)n1ccnn1. The summed E-state index contributed by atoms with van der Waals surface area (Å²) in [5.74, 6) is -0.912. The normalized spacial score (nSPS) is 12.9. The van der Waals surface area contributed by atoms with Crippen molar-refractivity contribution in [1.82, 2.24) is 15.0 Å². The Balaban J connectivity index is 2.77. The molecule has 5 nitrogen and oxygen atoms in total. The van der Waals surface area contributed by atoms with Crippen molar-refractivity contribution in [1.29, 1.82) is 0 Å². The van der Waals surface area contributed by atoms with Crippen LogP contribution in [0.5, 0.6) is 0 Å². The summed E-state index contributed by atoms with van der Waals surface area (Å²) in [5.41, 5.74) is 0. The van der Waals surface area contributed by atoms with Gasteiger partial charge in [-0.1, -0.05) is 5.21 Å². The third kappa shape index (κ3) is 1.12. The van der Waals surface area contributed by atoms with E-state index in [2.05, 4.69) is 10.3 Å². The fourth-order valence-corrected chi connectivity index (χ4v) is 0.537. The minimum Gasteiger partial charge on any atom is -0.480 e. The highest BCUT2D eigenvalue weighted by atomic mass is 16.4. The van der Waals surface area contributed by atoms with E-state index in [1.165, 1.54) is 24.0 Å². The quantitative estimate of drug-likeness (QED) is 0.625. The van der Waals surface area contributed by atoms with Crippen LogP contribution in [0.1, 0.15) is 13.0 Å². The zero-order valence-corrected chi connectivity index (χ0v) is 5.43. The van der Waals surface area contributed by atoms with Crippen LogP contribution in [0.4, 0.5) is 0 Å². The predicted molar refractivity (Wildman–Crippen MR) is 32.4 cm³/mol. The Kier molecular flexibility index (Phi) is 1.66. The largest absolute Gasteiger partial charge is 0.480 e. The van der Waals surface area contributed by atoms with Crippen molar-refractivity contribution in [2.75, 3.05) is 0 Å². The van der Waals surface area contributed by atoms with Crippen LogP contribution < -0.4 is 0 Å². The van der Waals surface area contributed by atoms with E-state index in [0.717, 1.165) is 0 Å². The van der Waals surface area contributed by atoms with Crippen LogP contribution in [0.2, 0.25) is 0 Å². The molecule has 1 aromatic heterocycles. The number of rotatable bonds is 2. The van der Waals surface area contributed by atoms with Gasteiger partial charge >= 0.3 is 5.97 Å². The molecule has 0 aromatic carbocycles. The Morgan fingerprint density at radius 2 is 2.50 bits per heavy atom. The van der Waals surface area contributed by atoms with Crippen LogP contribution in [-0.2, 0) is 4.79 Å². The monoisotopic (exact) mass is 141 g/mol. The average Bonchev–Trinajstić information content (AvgIpc) is 2.36. The molecule has 1 rings (SSSR count). The number of carbonyl (C=O) groups is 1. The van der Waals surface area contributed by atoms with Gasteiger partial charge in [0.15, 0.2) is 0 Å². The van der Waals surface area contributed by atoms with E-state index in [4.69, 9.17) is 5.11 Å². The van der Waals surface area contributed by atoms with Crippen LogP contribution in [0.15, 0.2) is 12.4 Å². The van der Waals surface area contributed by atoms with E-state index in [1.807, 2.05) is 0 Å². The Labute approximate surface area is 57.3 Å². The second-order valence-electron chi connectivity index (χ2n) is 1.90. The molecule has 1 aromatic rings. The molecule has 0 spiro atoms. The molecule has 0 unspecified atom stereocenters. The molecule has 0 aliphatic rings. The van der Waals surface area contributed by atoms with E-state index in [9.17, 15) is 4.79 Å². The molecule has 0 aliphatic heterocycles. The number of carboxylic acids is 1. The van der Waals surface area contributed by atoms with Gasteiger partial charge in [-0.05, 0) is 6.92 Å². The Morgan fingerprint density at radius 3 is 2.90 bits per heavy atom. The summed E-state index contributed by atoms with van der Waals surface area (Å²) in [4.78, 5) is 10.3. The Hall–Kier alpha value is -1.39. The fraction of sp³-hybridized carbons (Fsp3) is 0.400. The van der Waals surface area contributed by atoms with Crippen LogP contribution >= 0.6 is 0 Å². The third-order valence-electron chi connectivity index (χ3n) is 1.20. The molecule has 1 N–H and O–H groups in total. The number of hydrogen-bond acceptors (Lipinski definition) is 3. The summed E-state index contributed by atoms with van der Waals surface area (Å²) in [7, 11) is 0. The Bertz CT molecular complexity index is 219. The highest BCUT2D eigenvalue weighted by Gasteiger charge is 2.12. The summed E-state index contributed by atoms with van der Waals surface area (Å²) in [6, 6.07) is -0.637. The first-order chi connectivity index (χ1) is 4.72. The zero-order valence-electron chi connectivity index (χ0n) is 5.43. The summed E-state index contributed by atoms with van der Waals surface area (Å²) in [5, 5.41) is 15.5. The standard InChI is InChI=1S/C5H7N3O2/c1-4(5(9)10)8-3-2-6-7-8/h2-4H,1H3,(H,9,10)/t4-/m1/s1. The van der Waals surface area contributed by atoms with Crippen molar-refractivity contribution in [3.05, 3.63) is 12.4 Å². The van der Waals surface area contributed by atoms with Crippen LogP contribution in [0.25, 0.3) is 0 Å². The van der Waals surface area contributed by atoms with E-state index >= 15 is 0 Å². The van der Waals surface area contributed by atoms with Crippen molar-refractivity contribution in [3.63, 3.8) is 0 Å². The van der Waals surface area contributed by atoms with Gasteiger partial charge in [0.2, 0.25) is 0 Å². The first-order valence-electron chi connectivity index (χ1n) is 2.80. The molecule has 0 aliphatic carbocycles. The smallest absolute Gasteiger partial charge is 0.328 e. The lowest BCUT2D eigenvalue weighted by Crippen LogP contribution is -2.15. The fourth-order valence-electron chi connectivity index (χ4n) is 0.537. The highest BCUT2D eigenvalue weighted by Crippen LogP contribution is 2.00.